The average molecular weight is 326 g/mol. The van der Waals surface area contributed by atoms with Crippen molar-refractivity contribution in [2.24, 2.45) is 11.8 Å². The predicted octanol–water partition coefficient (Wildman–Crippen LogP) is 1.91. The van der Waals surface area contributed by atoms with E-state index in [2.05, 4.69) is 12.2 Å². The number of benzene rings is 1. The lowest BCUT2D eigenvalue weighted by Gasteiger charge is -2.46. The van der Waals surface area contributed by atoms with Gasteiger partial charge in [-0.05, 0) is 30.5 Å². The van der Waals surface area contributed by atoms with Crippen molar-refractivity contribution in [3.8, 4) is 0 Å². The number of hydrogen-bond donors (Lipinski definition) is 2. The molecule has 2 N–H and O–H groups in total. The zero-order valence-corrected chi connectivity index (χ0v) is 13.6. The molecule has 0 saturated carbocycles. The van der Waals surface area contributed by atoms with E-state index in [9.17, 15) is 9.18 Å². The first-order valence-corrected chi connectivity index (χ1v) is 8.54. The van der Waals surface area contributed by atoms with Crippen LogP contribution in [-0.2, 0) is 0 Å². The van der Waals surface area contributed by atoms with Crippen LogP contribution < -0.4 is 10.2 Å². The number of amides is 1. The Morgan fingerprint density at radius 2 is 2.32 bits per heavy atom. The minimum Gasteiger partial charge on any atom is -0.346 e. The number of halogens is 2. The van der Waals surface area contributed by atoms with Crippen molar-refractivity contribution in [3.63, 3.8) is 0 Å². The van der Waals surface area contributed by atoms with Crippen molar-refractivity contribution in [1.29, 1.82) is 0 Å². The van der Waals surface area contributed by atoms with Crippen LogP contribution in [0.1, 0.15) is 36.5 Å². The standard InChI is InChI=1S/C17H22ClFN2O/c1-2-11-10-21-6-5-12(11)7-14(21)9-20-17(22)13-3-4-16(19)15(18)8-13/h3-4,8,11-12,14H,2,5-7,9-10H2,1H3,(H,20,22)/p+1/t11-,12-,14+/m0/s1. The van der Waals surface area contributed by atoms with Crippen LogP contribution in [0.25, 0.3) is 0 Å². The first kappa shape index (κ1) is 15.8. The van der Waals surface area contributed by atoms with Crippen LogP contribution in [0, 0.1) is 17.7 Å². The molecule has 1 unspecified atom stereocenters. The zero-order chi connectivity index (χ0) is 15.7. The maximum absolute atomic E-state index is 13.1. The predicted molar refractivity (Wildman–Crippen MR) is 84.7 cm³/mol. The van der Waals surface area contributed by atoms with E-state index in [0.717, 1.165) is 11.8 Å². The molecule has 3 fully saturated rings. The van der Waals surface area contributed by atoms with Gasteiger partial charge in [0.15, 0.2) is 0 Å². The fraction of sp³-hybridized carbons (Fsp3) is 0.588. The Hall–Kier alpha value is -1.13. The molecule has 120 valence electrons. The Kier molecular flexibility index (Phi) is 4.69. The highest BCUT2D eigenvalue weighted by molar-refractivity contribution is 6.31. The van der Waals surface area contributed by atoms with Gasteiger partial charge in [-0.15, -0.1) is 0 Å². The lowest BCUT2D eigenvalue weighted by atomic mass is 9.74. The van der Waals surface area contributed by atoms with E-state index in [4.69, 9.17) is 11.6 Å². The fourth-order valence-electron chi connectivity index (χ4n) is 4.09. The Bertz CT molecular complexity index is 566. The van der Waals surface area contributed by atoms with Crippen LogP contribution in [0.2, 0.25) is 5.02 Å². The van der Waals surface area contributed by atoms with Gasteiger partial charge in [-0.1, -0.05) is 18.5 Å². The highest BCUT2D eigenvalue weighted by Gasteiger charge is 2.42. The minimum absolute atomic E-state index is 0.00969. The zero-order valence-electron chi connectivity index (χ0n) is 12.9. The lowest BCUT2D eigenvalue weighted by Crippen LogP contribution is -3.20. The molecule has 3 nitrogen and oxygen atoms in total. The molecule has 3 heterocycles. The third-order valence-corrected chi connectivity index (χ3v) is 5.70. The van der Waals surface area contributed by atoms with Crippen LogP contribution in [0.5, 0.6) is 0 Å². The van der Waals surface area contributed by atoms with Gasteiger partial charge in [0, 0.05) is 24.3 Å². The Morgan fingerprint density at radius 1 is 1.50 bits per heavy atom. The number of carbonyl (C=O) groups excluding carboxylic acids is 1. The van der Waals surface area contributed by atoms with E-state index in [1.54, 1.807) is 4.90 Å². The number of rotatable bonds is 4. The van der Waals surface area contributed by atoms with Crippen molar-refractivity contribution < 1.29 is 14.1 Å². The first-order valence-electron chi connectivity index (χ1n) is 8.16. The molecule has 4 rings (SSSR count). The van der Waals surface area contributed by atoms with Crippen LogP contribution in [0.15, 0.2) is 18.2 Å². The Labute approximate surface area is 135 Å². The number of fused-ring (bicyclic) bond motifs is 3. The van der Waals surface area contributed by atoms with Gasteiger partial charge >= 0.3 is 0 Å². The van der Waals surface area contributed by atoms with E-state index in [-0.39, 0.29) is 10.9 Å². The summed E-state index contributed by atoms with van der Waals surface area (Å²) in [5.41, 5.74) is 0.420. The summed E-state index contributed by atoms with van der Waals surface area (Å²) in [7, 11) is 0. The van der Waals surface area contributed by atoms with Gasteiger partial charge in [-0.3, -0.25) is 4.79 Å². The molecule has 0 spiro atoms. The molecular weight excluding hydrogens is 303 g/mol. The van der Waals surface area contributed by atoms with Crippen LogP contribution in [0.4, 0.5) is 4.39 Å². The average Bonchev–Trinajstić information content (AvgIpc) is 2.55. The molecule has 2 bridgehead atoms. The summed E-state index contributed by atoms with van der Waals surface area (Å²) in [4.78, 5) is 13.8. The maximum atomic E-state index is 13.1. The van der Waals surface area contributed by atoms with E-state index >= 15 is 0 Å². The van der Waals surface area contributed by atoms with Crippen molar-refractivity contribution >= 4 is 17.5 Å². The van der Waals surface area contributed by atoms with Crippen molar-refractivity contribution in [1.82, 2.24) is 5.32 Å². The second kappa shape index (κ2) is 6.55. The highest BCUT2D eigenvalue weighted by atomic mass is 35.5. The molecule has 3 aliphatic rings. The normalized spacial score (nSPS) is 30.3. The summed E-state index contributed by atoms with van der Waals surface area (Å²) in [6.45, 7) is 5.44. The van der Waals surface area contributed by atoms with Gasteiger partial charge < -0.3 is 10.2 Å². The second-order valence-corrected chi connectivity index (χ2v) is 7.01. The summed E-state index contributed by atoms with van der Waals surface area (Å²) in [6, 6.07) is 4.62. The summed E-state index contributed by atoms with van der Waals surface area (Å²) < 4.78 is 13.1. The Morgan fingerprint density at radius 3 is 2.95 bits per heavy atom. The van der Waals surface area contributed by atoms with Gasteiger partial charge in [-0.25, -0.2) is 4.39 Å². The molecule has 22 heavy (non-hydrogen) atoms. The minimum atomic E-state index is -0.496. The molecular formula is C17H23ClFN2O+. The van der Waals surface area contributed by atoms with Crippen molar-refractivity contribution in [2.75, 3.05) is 19.6 Å². The summed E-state index contributed by atoms with van der Waals surface area (Å²) >= 11 is 5.73. The molecule has 0 aliphatic carbocycles. The quantitative estimate of drug-likeness (QED) is 0.871. The molecule has 1 amide bonds. The highest BCUT2D eigenvalue weighted by Crippen LogP contribution is 2.28. The SMILES string of the molecule is CC[C@H]1C[NH+]2CC[C@H]1C[C@@H]2CNC(=O)c1ccc(F)c(Cl)c1. The van der Waals surface area contributed by atoms with Crippen molar-refractivity contribution in [3.05, 3.63) is 34.6 Å². The molecule has 3 aliphatic heterocycles. The van der Waals surface area contributed by atoms with E-state index in [1.165, 1.54) is 50.6 Å². The number of hydrogen-bond acceptors (Lipinski definition) is 1. The van der Waals surface area contributed by atoms with Crippen LogP contribution in [-0.4, -0.2) is 31.6 Å². The molecule has 0 radical (unpaired) electrons. The maximum Gasteiger partial charge on any atom is 0.251 e. The van der Waals surface area contributed by atoms with Gasteiger partial charge in [0.2, 0.25) is 0 Å². The van der Waals surface area contributed by atoms with Crippen LogP contribution >= 0.6 is 11.6 Å². The number of carbonyl (C=O) groups is 1. The molecule has 1 aromatic carbocycles. The molecule has 4 atom stereocenters. The van der Waals surface area contributed by atoms with Crippen molar-refractivity contribution in [2.45, 2.75) is 32.2 Å². The topological polar surface area (TPSA) is 33.5 Å². The summed E-state index contributed by atoms with van der Waals surface area (Å²) in [5.74, 6) is 1.01. The molecule has 3 saturated heterocycles. The largest absolute Gasteiger partial charge is 0.346 e. The smallest absolute Gasteiger partial charge is 0.251 e. The molecule has 5 heteroatoms. The third-order valence-electron chi connectivity index (χ3n) is 5.41. The van der Waals surface area contributed by atoms with Gasteiger partial charge in [0.25, 0.3) is 5.91 Å². The third kappa shape index (κ3) is 3.13. The van der Waals surface area contributed by atoms with Gasteiger partial charge in [-0.2, -0.15) is 0 Å². The Balaban J connectivity index is 1.57. The number of nitrogens with one attached hydrogen (secondary N) is 2. The second-order valence-electron chi connectivity index (χ2n) is 6.60. The van der Waals surface area contributed by atoms with Gasteiger partial charge in [0.05, 0.1) is 24.7 Å². The fourth-order valence-corrected chi connectivity index (χ4v) is 4.27. The van der Waals surface area contributed by atoms with E-state index < -0.39 is 5.82 Å². The van der Waals surface area contributed by atoms with Gasteiger partial charge in [0.1, 0.15) is 11.9 Å². The van der Waals surface area contributed by atoms with E-state index in [1.807, 2.05) is 0 Å². The van der Waals surface area contributed by atoms with E-state index in [0.29, 0.717) is 18.2 Å². The first-order chi connectivity index (χ1) is 10.6. The summed E-state index contributed by atoms with van der Waals surface area (Å²) in [5, 5.41) is 2.98. The summed E-state index contributed by atoms with van der Waals surface area (Å²) in [6.07, 6.45) is 3.80. The number of piperidine rings is 3. The number of quaternary nitrogens is 1. The monoisotopic (exact) mass is 325 g/mol. The molecule has 0 aromatic heterocycles. The lowest BCUT2D eigenvalue weighted by molar-refractivity contribution is -0.945. The molecule has 1 aromatic rings. The van der Waals surface area contributed by atoms with Crippen LogP contribution in [0.3, 0.4) is 0 Å².